The van der Waals surface area contributed by atoms with Crippen molar-refractivity contribution in [3.63, 3.8) is 0 Å². The lowest BCUT2D eigenvalue weighted by atomic mass is 10.2. The number of carboxylic acid groups (broad SMARTS) is 1. The molecule has 0 aliphatic heterocycles. The van der Waals surface area contributed by atoms with Crippen LogP contribution in [0, 0.1) is 0 Å². The Morgan fingerprint density at radius 1 is 1.33 bits per heavy atom. The predicted octanol–water partition coefficient (Wildman–Crippen LogP) is 1.84. The first-order valence-electron chi connectivity index (χ1n) is 6.72. The van der Waals surface area contributed by atoms with Crippen LogP contribution in [0.5, 0.6) is 0 Å². The number of nitrogens with one attached hydrogen (secondary N) is 1. The van der Waals surface area contributed by atoms with E-state index >= 15 is 0 Å². The highest BCUT2D eigenvalue weighted by Crippen LogP contribution is 2.19. The maximum Gasteiger partial charge on any atom is 0.345 e. The first-order chi connectivity index (χ1) is 9.65. The Balaban J connectivity index is 2.66. The summed E-state index contributed by atoms with van der Waals surface area (Å²) in [5, 5.41) is 10.2. The smallest absolute Gasteiger partial charge is 0.345 e. The Labute approximate surface area is 129 Å². The van der Waals surface area contributed by atoms with Crippen molar-refractivity contribution in [1.29, 1.82) is 0 Å². The Bertz CT molecular complexity index is 571. The molecule has 6 nitrogen and oxygen atoms in total. The fraction of sp³-hybridized carbons (Fsp3) is 0.615. The van der Waals surface area contributed by atoms with Crippen LogP contribution in [-0.4, -0.2) is 49.6 Å². The van der Waals surface area contributed by atoms with E-state index in [1.807, 2.05) is 0 Å². The van der Waals surface area contributed by atoms with Gasteiger partial charge in [-0.1, -0.05) is 0 Å². The second-order valence-electron chi connectivity index (χ2n) is 5.27. The van der Waals surface area contributed by atoms with E-state index in [1.165, 1.54) is 11.4 Å². The number of carboxylic acids is 1. The highest BCUT2D eigenvalue weighted by atomic mass is 32.2. The van der Waals surface area contributed by atoms with Crippen LogP contribution in [0.3, 0.4) is 0 Å². The molecule has 21 heavy (non-hydrogen) atoms. The highest BCUT2D eigenvalue weighted by Gasteiger charge is 2.19. The molecule has 0 aromatic carbocycles. The maximum atomic E-state index is 12.1. The Morgan fingerprint density at radius 3 is 2.33 bits per heavy atom. The molecule has 0 fully saturated rings. The van der Waals surface area contributed by atoms with Crippen LogP contribution in [0.4, 0.5) is 0 Å². The van der Waals surface area contributed by atoms with Crippen molar-refractivity contribution in [2.45, 2.75) is 44.7 Å². The third-order valence-corrected chi connectivity index (χ3v) is 5.59. The standard InChI is InChI=1S/C13H22N2O4S2/c1-9(2)15(10(3)4)6-5-14-21(18,19)11-7-12(13(16)17)20-8-11/h7-10,14H,5-6H2,1-4H3,(H,16,17). The van der Waals surface area contributed by atoms with Crippen LogP contribution in [0.1, 0.15) is 37.4 Å². The summed E-state index contributed by atoms with van der Waals surface area (Å²) in [5.74, 6) is -1.12. The summed E-state index contributed by atoms with van der Waals surface area (Å²) in [6.07, 6.45) is 0. The first-order valence-corrected chi connectivity index (χ1v) is 9.08. The van der Waals surface area contributed by atoms with Crippen molar-refractivity contribution in [3.05, 3.63) is 16.3 Å². The van der Waals surface area contributed by atoms with Crippen molar-refractivity contribution in [1.82, 2.24) is 9.62 Å². The topological polar surface area (TPSA) is 86.7 Å². The molecule has 0 atom stereocenters. The van der Waals surface area contributed by atoms with Crippen molar-refractivity contribution in [2.75, 3.05) is 13.1 Å². The lowest BCUT2D eigenvalue weighted by Crippen LogP contribution is -2.42. The van der Waals surface area contributed by atoms with Crippen LogP contribution in [0.15, 0.2) is 16.3 Å². The van der Waals surface area contributed by atoms with E-state index in [-0.39, 0.29) is 16.3 Å². The summed E-state index contributed by atoms with van der Waals surface area (Å²) in [6.45, 7) is 9.14. The minimum atomic E-state index is -3.65. The second-order valence-corrected chi connectivity index (χ2v) is 7.95. The largest absolute Gasteiger partial charge is 0.477 e. The summed E-state index contributed by atoms with van der Waals surface area (Å²) >= 11 is 0.905. The average molecular weight is 334 g/mol. The van der Waals surface area contributed by atoms with Gasteiger partial charge in [-0.2, -0.15) is 0 Å². The van der Waals surface area contributed by atoms with Gasteiger partial charge in [-0.15, -0.1) is 11.3 Å². The summed E-state index contributed by atoms with van der Waals surface area (Å²) in [5.41, 5.74) is 0. The fourth-order valence-corrected chi connectivity index (χ4v) is 4.21. The third-order valence-electron chi connectivity index (χ3n) is 3.09. The van der Waals surface area contributed by atoms with Gasteiger partial charge in [-0.3, -0.25) is 4.90 Å². The lowest BCUT2D eigenvalue weighted by molar-refractivity contribution is 0.0702. The Morgan fingerprint density at radius 2 is 1.90 bits per heavy atom. The molecule has 0 unspecified atom stereocenters. The van der Waals surface area contributed by atoms with E-state index in [9.17, 15) is 13.2 Å². The van der Waals surface area contributed by atoms with Gasteiger partial charge < -0.3 is 5.11 Å². The van der Waals surface area contributed by atoms with Crippen LogP contribution in [0.2, 0.25) is 0 Å². The normalized spacial score (nSPS) is 12.5. The number of rotatable bonds is 8. The molecule has 0 aliphatic rings. The molecule has 0 amide bonds. The summed E-state index contributed by atoms with van der Waals surface area (Å²) < 4.78 is 26.7. The van der Waals surface area contributed by atoms with Gasteiger partial charge in [-0.05, 0) is 33.8 Å². The minimum absolute atomic E-state index is 0.00513. The number of thiophene rings is 1. The van der Waals surface area contributed by atoms with Gasteiger partial charge in [0.15, 0.2) is 0 Å². The van der Waals surface area contributed by atoms with E-state index < -0.39 is 16.0 Å². The quantitative estimate of drug-likeness (QED) is 0.757. The van der Waals surface area contributed by atoms with Gasteiger partial charge in [0, 0.05) is 30.6 Å². The monoisotopic (exact) mass is 334 g/mol. The molecule has 1 heterocycles. The number of hydrogen-bond acceptors (Lipinski definition) is 5. The fourth-order valence-electron chi connectivity index (χ4n) is 2.08. The second kappa shape index (κ2) is 7.35. The SMILES string of the molecule is CC(C)N(CCNS(=O)(=O)c1csc(C(=O)O)c1)C(C)C. The molecule has 0 radical (unpaired) electrons. The van der Waals surface area contributed by atoms with Gasteiger partial charge in [-0.25, -0.2) is 17.9 Å². The van der Waals surface area contributed by atoms with Crippen molar-refractivity contribution in [3.8, 4) is 0 Å². The molecule has 1 aromatic heterocycles. The van der Waals surface area contributed by atoms with E-state index in [4.69, 9.17) is 5.11 Å². The number of sulfonamides is 1. The number of carbonyl (C=O) groups is 1. The Kier molecular flexibility index (Phi) is 6.33. The van der Waals surface area contributed by atoms with Gasteiger partial charge >= 0.3 is 5.97 Å². The molecule has 120 valence electrons. The molecule has 1 aromatic rings. The molecule has 0 saturated carbocycles. The van der Waals surface area contributed by atoms with E-state index in [1.54, 1.807) is 0 Å². The zero-order valence-corrected chi connectivity index (χ0v) is 14.3. The van der Waals surface area contributed by atoms with Crippen molar-refractivity contribution >= 4 is 27.3 Å². The Hall–Kier alpha value is -0.960. The van der Waals surface area contributed by atoms with Gasteiger partial charge in [0.25, 0.3) is 0 Å². The summed E-state index contributed by atoms with van der Waals surface area (Å²) in [4.78, 5) is 13.0. The maximum absolute atomic E-state index is 12.1. The van der Waals surface area contributed by atoms with E-state index in [0.717, 1.165) is 11.3 Å². The van der Waals surface area contributed by atoms with Crippen LogP contribution in [0.25, 0.3) is 0 Å². The predicted molar refractivity (Wildman–Crippen MR) is 83.4 cm³/mol. The molecule has 0 saturated heterocycles. The summed E-state index contributed by atoms with van der Waals surface area (Å²) in [6, 6.07) is 1.83. The molecule has 0 spiro atoms. The number of nitrogens with zero attached hydrogens (tertiary/aromatic N) is 1. The number of aromatic carboxylic acids is 1. The average Bonchev–Trinajstić information content (AvgIpc) is 2.83. The zero-order chi connectivity index (χ0) is 16.2. The molecule has 2 N–H and O–H groups in total. The van der Waals surface area contributed by atoms with Gasteiger partial charge in [0.1, 0.15) is 4.88 Å². The van der Waals surface area contributed by atoms with E-state index in [2.05, 4.69) is 37.3 Å². The van der Waals surface area contributed by atoms with Gasteiger partial charge in [0.05, 0.1) is 4.90 Å². The molecule has 0 aliphatic carbocycles. The first kappa shape index (κ1) is 18.1. The summed E-state index contributed by atoms with van der Waals surface area (Å²) in [7, 11) is -3.65. The molecule has 1 rings (SSSR count). The van der Waals surface area contributed by atoms with E-state index in [0.29, 0.717) is 18.6 Å². The van der Waals surface area contributed by atoms with Crippen molar-refractivity contribution in [2.24, 2.45) is 0 Å². The van der Waals surface area contributed by atoms with Crippen LogP contribution >= 0.6 is 11.3 Å². The van der Waals surface area contributed by atoms with Crippen LogP contribution < -0.4 is 4.72 Å². The highest BCUT2D eigenvalue weighted by molar-refractivity contribution is 7.89. The molecular formula is C13H22N2O4S2. The molecule has 8 heteroatoms. The van der Waals surface area contributed by atoms with Crippen molar-refractivity contribution < 1.29 is 18.3 Å². The zero-order valence-electron chi connectivity index (χ0n) is 12.7. The molecule has 0 bridgehead atoms. The van der Waals surface area contributed by atoms with Gasteiger partial charge in [0.2, 0.25) is 10.0 Å². The van der Waals surface area contributed by atoms with Crippen LogP contribution in [-0.2, 0) is 10.0 Å². The minimum Gasteiger partial charge on any atom is -0.477 e. The molecular weight excluding hydrogens is 312 g/mol. The third kappa shape index (κ3) is 5.06. The number of hydrogen-bond donors (Lipinski definition) is 2. The lowest BCUT2D eigenvalue weighted by Gasteiger charge is -2.30.